The fourth-order valence-corrected chi connectivity index (χ4v) is 3.26. The number of pyridine rings is 1. The third-order valence-electron chi connectivity index (χ3n) is 4.61. The number of benzene rings is 1. The summed E-state index contributed by atoms with van der Waals surface area (Å²) < 4.78 is 25.2. The lowest BCUT2D eigenvalue weighted by atomic mass is 10.2. The van der Waals surface area contributed by atoms with Crippen molar-refractivity contribution in [1.82, 2.24) is 9.55 Å². The molecule has 1 aromatic carbocycles. The molecule has 30 heavy (non-hydrogen) atoms. The number of ether oxygens (including phenoxy) is 2. The molecule has 0 radical (unpaired) electrons. The summed E-state index contributed by atoms with van der Waals surface area (Å²) in [4.78, 5) is 28.6. The van der Waals surface area contributed by atoms with E-state index in [0.717, 1.165) is 5.56 Å². The minimum Gasteiger partial charge on any atom is -0.494 e. The molecule has 0 aliphatic rings. The van der Waals surface area contributed by atoms with Crippen molar-refractivity contribution in [2.24, 2.45) is 0 Å². The standard InChI is InChI=1S/C21H23FN4O4/c1-5-26-19(21(28)30-4)18(25-12(2)27)15-9-14(11-24-20(15)26)23-10-13-6-7-16(22)17(8-13)29-3/h6-9,11,23H,5,10H2,1-4H3,(H,25,27). The number of hydrogen-bond donors (Lipinski definition) is 2. The van der Waals surface area contributed by atoms with Crippen LogP contribution in [-0.4, -0.2) is 35.6 Å². The predicted octanol–water partition coefficient (Wildman–Crippen LogP) is 3.56. The van der Waals surface area contributed by atoms with Crippen molar-refractivity contribution >= 4 is 34.3 Å². The van der Waals surface area contributed by atoms with Crippen LogP contribution in [0.1, 0.15) is 29.9 Å². The molecule has 0 bridgehead atoms. The molecule has 3 aromatic rings. The Balaban J connectivity index is 2.00. The number of rotatable bonds is 7. The Morgan fingerprint density at radius 1 is 1.23 bits per heavy atom. The summed E-state index contributed by atoms with van der Waals surface area (Å²) in [6.07, 6.45) is 1.63. The SMILES string of the molecule is CCn1c(C(=O)OC)c(NC(C)=O)c2cc(NCc3ccc(F)c(OC)c3)cnc21. The van der Waals surface area contributed by atoms with E-state index in [1.807, 2.05) is 6.92 Å². The van der Waals surface area contributed by atoms with Gasteiger partial charge in [0.1, 0.15) is 5.65 Å². The normalized spacial score (nSPS) is 10.7. The van der Waals surface area contributed by atoms with Crippen LogP contribution in [0.2, 0.25) is 0 Å². The quantitative estimate of drug-likeness (QED) is 0.574. The zero-order chi connectivity index (χ0) is 21.8. The van der Waals surface area contributed by atoms with Crippen LogP contribution >= 0.6 is 0 Å². The van der Waals surface area contributed by atoms with E-state index in [2.05, 4.69) is 15.6 Å². The van der Waals surface area contributed by atoms with E-state index >= 15 is 0 Å². The van der Waals surface area contributed by atoms with Crippen molar-refractivity contribution in [3.05, 3.63) is 47.5 Å². The van der Waals surface area contributed by atoms with Gasteiger partial charge in [0.05, 0.1) is 31.8 Å². The second-order valence-electron chi connectivity index (χ2n) is 6.56. The van der Waals surface area contributed by atoms with Crippen molar-refractivity contribution in [2.75, 3.05) is 24.9 Å². The Morgan fingerprint density at radius 3 is 2.63 bits per heavy atom. The highest BCUT2D eigenvalue weighted by Gasteiger charge is 2.24. The molecule has 0 saturated carbocycles. The molecular formula is C21H23FN4O4. The number of esters is 1. The zero-order valence-electron chi connectivity index (χ0n) is 17.2. The summed E-state index contributed by atoms with van der Waals surface area (Å²) in [5, 5.41) is 6.54. The summed E-state index contributed by atoms with van der Waals surface area (Å²) in [6, 6.07) is 6.41. The summed E-state index contributed by atoms with van der Waals surface area (Å²) >= 11 is 0. The maximum atomic E-state index is 13.6. The van der Waals surface area contributed by atoms with Gasteiger partial charge < -0.3 is 24.7 Å². The van der Waals surface area contributed by atoms with Crippen molar-refractivity contribution in [2.45, 2.75) is 26.9 Å². The van der Waals surface area contributed by atoms with Crippen LogP contribution in [0.3, 0.4) is 0 Å². The van der Waals surface area contributed by atoms with E-state index in [-0.39, 0.29) is 17.4 Å². The van der Waals surface area contributed by atoms with Crippen LogP contribution < -0.4 is 15.4 Å². The minimum atomic E-state index is -0.563. The molecule has 0 unspecified atom stereocenters. The van der Waals surface area contributed by atoms with E-state index < -0.39 is 11.8 Å². The number of amides is 1. The number of hydrogen-bond acceptors (Lipinski definition) is 6. The lowest BCUT2D eigenvalue weighted by Crippen LogP contribution is -2.14. The van der Waals surface area contributed by atoms with Crippen LogP contribution in [0.5, 0.6) is 5.75 Å². The Labute approximate surface area is 173 Å². The van der Waals surface area contributed by atoms with E-state index in [4.69, 9.17) is 9.47 Å². The topological polar surface area (TPSA) is 94.5 Å². The van der Waals surface area contributed by atoms with Crippen LogP contribution in [0.4, 0.5) is 15.8 Å². The number of aromatic nitrogens is 2. The molecule has 2 aromatic heterocycles. The smallest absolute Gasteiger partial charge is 0.356 e. The van der Waals surface area contributed by atoms with Gasteiger partial charge in [0.15, 0.2) is 17.3 Å². The van der Waals surface area contributed by atoms with E-state index in [1.165, 1.54) is 27.2 Å². The van der Waals surface area contributed by atoms with Crippen LogP contribution in [0.15, 0.2) is 30.5 Å². The highest BCUT2D eigenvalue weighted by molar-refractivity contribution is 6.10. The average molecular weight is 414 g/mol. The lowest BCUT2D eigenvalue weighted by Gasteiger charge is -2.09. The highest BCUT2D eigenvalue weighted by atomic mass is 19.1. The summed E-state index contributed by atoms with van der Waals surface area (Å²) in [5.41, 5.74) is 2.62. The average Bonchev–Trinajstić information content (AvgIpc) is 3.04. The molecule has 8 nitrogen and oxygen atoms in total. The number of nitrogens with one attached hydrogen (secondary N) is 2. The van der Waals surface area contributed by atoms with Crippen molar-refractivity contribution in [3.8, 4) is 5.75 Å². The van der Waals surface area contributed by atoms with Crippen molar-refractivity contribution in [1.29, 1.82) is 0 Å². The van der Waals surface area contributed by atoms with Gasteiger partial charge in [0.25, 0.3) is 0 Å². The highest BCUT2D eigenvalue weighted by Crippen LogP contribution is 2.32. The van der Waals surface area contributed by atoms with E-state index in [0.29, 0.717) is 35.5 Å². The van der Waals surface area contributed by atoms with E-state index in [9.17, 15) is 14.0 Å². The van der Waals surface area contributed by atoms with Crippen molar-refractivity contribution < 1.29 is 23.5 Å². The Bertz CT molecular complexity index is 1110. The van der Waals surface area contributed by atoms with Crippen LogP contribution in [0.25, 0.3) is 11.0 Å². The number of carbonyl (C=O) groups is 2. The molecule has 0 spiro atoms. The monoisotopic (exact) mass is 414 g/mol. The zero-order valence-corrected chi connectivity index (χ0v) is 17.2. The summed E-state index contributed by atoms with van der Waals surface area (Å²) in [6.45, 7) is 4.11. The molecule has 2 heterocycles. The van der Waals surface area contributed by atoms with Gasteiger partial charge in [-0.3, -0.25) is 4.79 Å². The number of nitrogens with zero attached hydrogens (tertiary/aromatic N) is 2. The molecular weight excluding hydrogens is 391 g/mol. The number of anilines is 2. The van der Waals surface area contributed by atoms with Gasteiger partial charge in [-0.15, -0.1) is 0 Å². The number of carbonyl (C=O) groups excluding carboxylic acids is 2. The molecule has 2 N–H and O–H groups in total. The summed E-state index contributed by atoms with van der Waals surface area (Å²) in [7, 11) is 2.70. The maximum absolute atomic E-state index is 13.6. The van der Waals surface area contributed by atoms with Gasteiger partial charge in [0.2, 0.25) is 5.91 Å². The fourth-order valence-electron chi connectivity index (χ4n) is 3.26. The van der Waals surface area contributed by atoms with Gasteiger partial charge in [0, 0.05) is 25.4 Å². The molecule has 158 valence electrons. The summed E-state index contributed by atoms with van der Waals surface area (Å²) in [5.74, 6) is -1.14. The van der Waals surface area contributed by atoms with Gasteiger partial charge in [-0.1, -0.05) is 6.07 Å². The molecule has 9 heteroatoms. The molecule has 0 fully saturated rings. The number of aryl methyl sites for hydroxylation is 1. The fraction of sp³-hybridized carbons (Fsp3) is 0.286. The number of fused-ring (bicyclic) bond motifs is 1. The first-order chi connectivity index (χ1) is 14.4. The molecule has 0 saturated heterocycles. The number of halogens is 1. The first kappa shape index (κ1) is 21.1. The van der Waals surface area contributed by atoms with Gasteiger partial charge in [-0.2, -0.15) is 0 Å². The van der Waals surface area contributed by atoms with Gasteiger partial charge in [-0.05, 0) is 30.7 Å². The van der Waals surface area contributed by atoms with Crippen LogP contribution in [0, 0.1) is 5.82 Å². The third kappa shape index (κ3) is 4.05. The third-order valence-corrected chi connectivity index (χ3v) is 4.61. The van der Waals surface area contributed by atoms with Crippen molar-refractivity contribution in [3.63, 3.8) is 0 Å². The Morgan fingerprint density at radius 2 is 2.00 bits per heavy atom. The molecule has 0 aliphatic heterocycles. The van der Waals surface area contributed by atoms with Crippen LogP contribution in [-0.2, 0) is 22.6 Å². The first-order valence-electron chi connectivity index (χ1n) is 9.34. The molecule has 0 aliphatic carbocycles. The first-order valence-corrected chi connectivity index (χ1v) is 9.34. The largest absolute Gasteiger partial charge is 0.494 e. The maximum Gasteiger partial charge on any atom is 0.356 e. The second-order valence-corrected chi connectivity index (χ2v) is 6.56. The Hall–Kier alpha value is -3.62. The van der Waals surface area contributed by atoms with Gasteiger partial charge in [-0.25, -0.2) is 14.2 Å². The minimum absolute atomic E-state index is 0.165. The van der Waals surface area contributed by atoms with Gasteiger partial charge >= 0.3 is 5.97 Å². The second kappa shape index (κ2) is 8.81. The van der Waals surface area contributed by atoms with E-state index in [1.54, 1.807) is 29.0 Å². The molecule has 3 rings (SSSR count). The molecule has 0 atom stereocenters. The predicted molar refractivity (Wildman–Crippen MR) is 111 cm³/mol. The number of methoxy groups -OCH3 is 2. The Kier molecular flexibility index (Phi) is 6.20. The molecule has 1 amide bonds. The lowest BCUT2D eigenvalue weighted by molar-refractivity contribution is -0.114.